The second-order valence-electron chi connectivity index (χ2n) is 8.72. The molecule has 3 heterocycles. The van der Waals surface area contributed by atoms with E-state index in [2.05, 4.69) is 21.4 Å². The summed E-state index contributed by atoms with van der Waals surface area (Å²) in [4.78, 5) is 10.6. The van der Waals surface area contributed by atoms with Gasteiger partial charge in [0.2, 0.25) is 5.78 Å². The number of rotatable bonds is 4. The zero-order chi connectivity index (χ0) is 24.0. The molecule has 34 heavy (non-hydrogen) atoms. The fourth-order valence-electron chi connectivity index (χ4n) is 4.62. The van der Waals surface area contributed by atoms with Crippen LogP contribution in [0.4, 0.5) is 24.7 Å². The van der Waals surface area contributed by atoms with Gasteiger partial charge in [0.15, 0.2) is 0 Å². The van der Waals surface area contributed by atoms with Crippen molar-refractivity contribution in [1.82, 2.24) is 14.4 Å². The molecule has 2 aromatic heterocycles. The number of aromatic nitrogens is 3. The molecule has 1 aliphatic heterocycles. The van der Waals surface area contributed by atoms with Crippen molar-refractivity contribution >= 4 is 28.2 Å². The van der Waals surface area contributed by atoms with Gasteiger partial charge in [0.1, 0.15) is 11.6 Å². The monoisotopic (exact) mass is 464 g/mol. The third kappa shape index (κ3) is 3.79. The number of nitrogens with zero attached hydrogens (tertiary/aromatic N) is 5. The van der Waals surface area contributed by atoms with Crippen LogP contribution in [-0.4, -0.2) is 33.4 Å². The molecule has 0 saturated carbocycles. The summed E-state index contributed by atoms with van der Waals surface area (Å²) in [6.45, 7) is 4.02. The molecule has 0 spiro atoms. The van der Waals surface area contributed by atoms with Gasteiger partial charge < -0.3 is 10.2 Å². The molecule has 1 fully saturated rings. The smallest absolute Gasteiger partial charge is 0.251 e. The maximum absolute atomic E-state index is 15.2. The van der Waals surface area contributed by atoms with E-state index in [1.165, 1.54) is 6.07 Å². The minimum atomic E-state index is -2.72. The summed E-state index contributed by atoms with van der Waals surface area (Å²) in [5.41, 5.74) is 3.26. The number of nitriles is 1. The lowest BCUT2D eigenvalue weighted by Gasteiger charge is -2.33. The standard InChI is InChI=1S/C25H23F3N6/c1-15-17(14-29)4-3-5-18(15)16(2)31-23-19-12-22(33-9-6-25(27,28)7-10-33)20(26)13-21(19)34-11-8-30-24(34)32-23/h3-5,8,11-13,16H,6-7,9-10H2,1-2H3,(H,30,31,32)/t16-/m1/s1. The molecule has 1 aliphatic rings. The Bertz CT molecular complexity index is 1430. The molecule has 6 nitrogen and oxygen atoms in total. The minimum Gasteiger partial charge on any atom is -0.369 e. The first-order chi connectivity index (χ1) is 16.3. The summed E-state index contributed by atoms with van der Waals surface area (Å²) in [5.74, 6) is -2.27. The maximum atomic E-state index is 15.2. The van der Waals surface area contributed by atoms with Crippen LogP contribution in [0.25, 0.3) is 16.7 Å². The predicted molar refractivity (Wildman–Crippen MR) is 125 cm³/mol. The number of alkyl halides is 2. The molecule has 174 valence electrons. The van der Waals surface area contributed by atoms with E-state index in [1.54, 1.807) is 33.8 Å². The van der Waals surface area contributed by atoms with E-state index in [9.17, 15) is 14.0 Å². The molecule has 1 saturated heterocycles. The molecular weight excluding hydrogens is 441 g/mol. The van der Waals surface area contributed by atoms with Gasteiger partial charge >= 0.3 is 0 Å². The van der Waals surface area contributed by atoms with Crippen molar-refractivity contribution in [2.75, 3.05) is 23.3 Å². The largest absolute Gasteiger partial charge is 0.369 e. The zero-order valence-corrected chi connectivity index (χ0v) is 18.8. The van der Waals surface area contributed by atoms with Crippen LogP contribution in [0, 0.1) is 24.1 Å². The first kappa shape index (κ1) is 22.0. The van der Waals surface area contributed by atoms with E-state index in [0.717, 1.165) is 11.1 Å². The number of imidazole rings is 1. The van der Waals surface area contributed by atoms with Gasteiger partial charge in [-0.3, -0.25) is 4.40 Å². The van der Waals surface area contributed by atoms with Crippen molar-refractivity contribution in [3.05, 3.63) is 65.2 Å². The summed E-state index contributed by atoms with van der Waals surface area (Å²) in [6, 6.07) is 10.6. The molecule has 2 aromatic carbocycles. The quantitative estimate of drug-likeness (QED) is 0.425. The lowest BCUT2D eigenvalue weighted by Crippen LogP contribution is -2.39. The van der Waals surface area contributed by atoms with Gasteiger partial charge in [0.05, 0.1) is 28.9 Å². The molecular formula is C25H23F3N6. The van der Waals surface area contributed by atoms with E-state index in [1.807, 2.05) is 26.0 Å². The molecule has 9 heteroatoms. The summed E-state index contributed by atoms with van der Waals surface area (Å²) in [5, 5.41) is 13.4. The molecule has 0 unspecified atom stereocenters. The third-order valence-electron chi connectivity index (χ3n) is 6.56. The van der Waals surface area contributed by atoms with Crippen molar-refractivity contribution in [2.24, 2.45) is 0 Å². The number of piperidine rings is 1. The Morgan fingerprint density at radius 2 is 1.97 bits per heavy atom. The van der Waals surface area contributed by atoms with E-state index in [-0.39, 0.29) is 37.7 Å². The normalized spacial score (nSPS) is 16.5. The van der Waals surface area contributed by atoms with Gasteiger partial charge in [-0.05, 0) is 37.1 Å². The van der Waals surface area contributed by atoms with Gasteiger partial charge in [0, 0.05) is 49.8 Å². The lowest BCUT2D eigenvalue weighted by atomic mass is 9.98. The van der Waals surface area contributed by atoms with Crippen LogP contribution in [-0.2, 0) is 0 Å². The summed E-state index contributed by atoms with van der Waals surface area (Å²) < 4.78 is 44.2. The van der Waals surface area contributed by atoms with Gasteiger partial charge in [-0.15, -0.1) is 0 Å². The van der Waals surface area contributed by atoms with Gasteiger partial charge in [-0.1, -0.05) is 12.1 Å². The summed E-state index contributed by atoms with van der Waals surface area (Å²) in [7, 11) is 0. The highest BCUT2D eigenvalue weighted by Crippen LogP contribution is 2.36. The van der Waals surface area contributed by atoms with Crippen molar-refractivity contribution in [1.29, 1.82) is 5.26 Å². The zero-order valence-electron chi connectivity index (χ0n) is 18.8. The van der Waals surface area contributed by atoms with E-state index < -0.39 is 11.7 Å². The first-order valence-electron chi connectivity index (χ1n) is 11.1. The Labute approximate surface area is 194 Å². The molecule has 1 atom stereocenters. The molecule has 4 aromatic rings. The summed E-state index contributed by atoms with van der Waals surface area (Å²) >= 11 is 0. The molecule has 0 amide bonds. The van der Waals surface area contributed by atoms with Crippen LogP contribution in [0.2, 0.25) is 0 Å². The average Bonchev–Trinajstić information content (AvgIpc) is 3.28. The van der Waals surface area contributed by atoms with E-state index in [4.69, 9.17) is 0 Å². The fourth-order valence-corrected chi connectivity index (χ4v) is 4.62. The SMILES string of the molecule is Cc1c(C#N)cccc1[C@@H](C)Nc1nc2nccn2c2cc(F)c(N3CCC(F)(F)CC3)cc12. The second kappa shape index (κ2) is 8.20. The van der Waals surface area contributed by atoms with Gasteiger partial charge in [0.25, 0.3) is 5.92 Å². The second-order valence-corrected chi connectivity index (χ2v) is 8.72. The number of halogens is 3. The van der Waals surface area contributed by atoms with Crippen molar-refractivity contribution in [3.8, 4) is 6.07 Å². The first-order valence-corrected chi connectivity index (χ1v) is 11.1. The number of hydrogen-bond donors (Lipinski definition) is 1. The number of fused-ring (bicyclic) bond motifs is 3. The Kier molecular flexibility index (Phi) is 5.31. The van der Waals surface area contributed by atoms with Crippen LogP contribution in [0.3, 0.4) is 0 Å². The molecule has 5 rings (SSSR count). The third-order valence-corrected chi connectivity index (χ3v) is 6.56. The van der Waals surface area contributed by atoms with Gasteiger partial charge in [-0.25, -0.2) is 18.2 Å². The summed E-state index contributed by atoms with van der Waals surface area (Å²) in [6.07, 6.45) is 2.69. The average molecular weight is 464 g/mol. The predicted octanol–water partition coefficient (Wildman–Crippen LogP) is 5.61. The number of anilines is 2. The lowest BCUT2D eigenvalue weighted by molar-refractivity contribution is -0.0221. The van der Waals surface area contributed by atoms with Crippen LogP contribution < -0.4 is 10.2 Å². The molecule has 0 radical (unpaired) electrons. The van der Waals surface area contributed by atoms with Crippen LogP contribution in [0.5, 0.6) is 0 Å². The number of nitrogens with one attached hydrogen (secondary N) is 1. The van der Waals surface area contributed by atoms with Crippen molar-refractivity contribution in [2.45, 2.75) is 38.7 Å². The highest BCUT2D eigenvalue weighted by molar-refractivity contribution is 5.94. The molecule has 0 aliphatic carbocycles. The topological polar surface area (TPSA) is 69.2 Å². The number of hydrogen-bond acceptors (Lipinski definition) is 5. The minimum absolute atomic E-state index is 0.0789. The van der Waals surface area contributed by atoms with Gasteiger partial charge in [-0.2, -0.15) is 10.2 Å². The van der Waals surface area contributed by atoms with Crippen molar-refractivity contribution < 1.29 is 13.2 Å². The maximum Gasteiger partial charge on any atom is 0.251 e. The Hall–Kier alpha value is -3.80. The highest BCUT2D eigenvalue weighted by atomic mass is 19.3. The van der Waals surface area contributed by atoms with Crippen LogP contribution >= 0.6 is 0 Å². The van der Waals surface area contributed by atoms with E-state index >= 15 is 4.39 Å². The molecule has 0 bridgehead atoms. The molecule has 1 N–H and O–H groups in total. The fraction of sp³-hybridized carbons (Fsp3) is 0.320. The van der Waals surface area contributed by atoms with E-state index in [0.29, 0.717) is 28.1 Å². The Balaban J connectivity index is 1.60. The van der Waals surface area contributed by atoms with Crippen LogP contribution in [0.1, 0.15) is 42.5 Å². The highest BCUT2D eigenvalue weighted by Gasteiger charge is 2.35. The van der Waals surface area contributed by atoms with Crippen LogP contribution in [0.15, 0.2) is 42.7 Å². The number of benzene rings is 2. The van der Waals surface area contributed by atoms with Crippen molar-refractivity contribution in [3.63, 3.8) is 0 Å². The Morgan fingerprint density at radius 1 is 1.21 bits per heavy atom. The Morgan fingerprint density at radius 3 is 2.71 bits per heavy atom.